The predicted octanol–water partition coefficient (Wildman–Crippen LogP) is 5.25. The lowest BCUT2D eigenvalue weighted by Crippen LogP contribution is -2.30. The molecule has 1 aromatic carbocycles. The number of aryl methyl sites for hydroxylation is 2. The first-order chi connectivity index (χ1) is 9.24. The van der Waals surface area contributed by atoms with Gasteiger partial charge in [0, 0.05) is 0 Å². The van der Waals surface area contributed by atoms with Crippen LogP contribution in [0.3, 0.4) is 0 Å². The van der Waals surface area contributed by atoms with Crippen LogP contribution >= 0.6 is 0 Å². The molecule has 0 aromatic heterocycles. The topological polar surface area (TPSA) is 0 Å². The number of halogens is 3. The third kappa shape index (κ3) is 2.67. The number of hydrogen-bond donors (Lipinski definition) is 0. The maximum absolute atomic E-state index is 13.2. The SMILES string of the molecule is C=C(C)C1=Cc2cc(CC)cc(C)c2CC1C(F)(F)F. The summed E-state index contributed by atoms with van der Waals surface area (Å²) in [6, 6.07) is 3.99. The summed E-state index contributed by atoms with van der Waals surface area (Å²) in [5.74, 6) is -1.43. The van der Waals surface area contributed by atoms with Gasteiger partial charge in [-0.05, 0) is 54.5 Å². The summed E-state index contributed by atoms with van der Waals surface area (Å²) in [5.41, 5.74) is 4.65. The third-order valence-electron chi connectivity index (χ3n) is 3.96. The van der Waals surface area contributed by atoms with Gasteiger partial charge in [0.05, 0.1) is 5.92 Å². The Morgan fingerprint density at radius 2 is 2.00 bits per heavy atom. The molecule has 20 heavy (non-hydrogen) atoms. The van der Waals surface area contributed by atoms with Crippen LogP contribution in [0, 0.1) is 12.8 Å². The van der Waals surface area contributed by atoms with Gasteiger partial charge in [-0.2, -0.15) is 13.2 Å². The maximum Gasteiger partial charge on any atom is 0.396 e. The van der Waals surface area contributed by atoms with Gasteiger partial charge in [0.1, 0.15) is 0 Å². The first-order valence-corrected chi connectivity index (χ1v) is 6.80. The molecule has 0 bridgehead atoms. The lowest BCUT2D eigenvalue weighted by atomic mass is 9.78. The zero-order chi connectivity index (χ0) is 15.1. The Hall–Kier alpha value is -1.51. The molecule has 0 nitrogen and oxygen atoms in total. The lowest BCUT2D eigenvalue weighted by molar-refractivity contribution is -0.163. The summed E-state index contributed by atoms with van der Waals surface area (Å²) < 4.78 is 39.7. The molecule has 1 atom stereocenters. The van der Waals surface area contributed by atoms with Gasteiger partial charge in [0.2, 0.25) is 0 Å². The summed E-state index contributed by atoms with van der Waals surface area (Å²) in [4.78, 5) is 0. The highest BCUT2D eigenvalue weighted by Crippen LogP contribution is 2.42. The Morgan fingerprint density at radius 1 is 1.35 bits per heavy atom. The van der Waals surface area contributed by atoms with Crippen LogP contribution in [0.4, 0.5) is 13.2 Å². The Labute approximate surface area is 118 Å². The minimum absolute atomic E-state index is 0.0212. The van der Waals surface area contributed by atoms with E-state index in [-0.39, 0.29) is 6.42 Å². The van der Waals surface area contributed by atoms with Gasteiger partial charge in [-0.1, -0.05) is 37.3 Å². The number of allylic oxidation sites excluding steroid dienone is 2. The Kier molecular flexibility index (Phi) is 3.81. The average Bonchev–Trinajstić information content (AvgIpc) is 2.35. The largest absolute Gasteiger partial charge is 0.396 e. The maximum atomic E-state index is 13.2. The van der Waals surface area contributed by atoms with Gasteiger partial charge in [0.15, 0.2) is 0 Å². The molecule has 1 aromatic rings. The molecule has 0 spiro atoms. The summed E-state index contributed by atoms with van der Waals surface area (Å²) in [7, 11) is 0. The second-order valence-corrected chi connectivity index (χ2v) is 5.51. The molecule has 0 fully saturated rings. The number of hydrogen-bond acceptors (Lipinski definition) is 0. The fourth-order valence-corrected chi connectivity index (χ4v) is 2.83. The molecule has 1 aliphatic rings. The molecule has 0 heterocycles. The van der Waals surface area contributed by atoms with Crippen molar-refractivity contribution in [2.24, 2.45) is 5.92 Å². The predicted molar refractivity (Wildman–Crippen MR) is 76.6 cm³/mol. The number of rotatable bonds is 2. The van der Waals surface area contributed by atoms with E-state index in [4.69, 9.17) is 0 Å². The van der Waals surface area contributed by atoms with Crippen molar-refractivity contribution >= 4 is 6.08 Å². The highest BCUT2D eigenvalue weighted by molar-refractivity contribution is 5.66. The van der Waals surface area contributed by atoms with E-state index in [1.54, 1.807) is 13.0 Å². The van der Waals surface area contributed by atoms with E-state index in [1.165, 1.54) is 0 Å². The highest BCUT2D eigenvalue weighted by Gasteiger charge is 2.43. The normalized spacial score (nSPS) is 18.5. The molecular weight excluding hydrogens is 261 g/mol. The minimum atomic E-state index is -4.22. The summed E-state index contributed by atoms with van der Waals surface area (Å²) in [6.45, 7) is 9.30. The second kappa shape index (κ2) is 5.12. The van der Waals surface area contributed by atoms with Crippen molar-refractivity contribution in [3.8, 4) is 0 Å². The van der Waals surface area contributed by atoms with E-state index in [1.807, 2.05) is 26.0 Å². The smallest absolute Gasteiger partial charge is 0.170 e. The lowest BCUT2D eigenvalue weighted by Gasteiger charge is -2.29. The van der Waals surface area contributed by atoms with Crippen molar-refractivity contribution in [3.05, 3.63) is 52.1 Å². The fourth-order valence-electron chi connectivity index (χ4n) is 2.83. The van der Waals surface area contributed by atoms with Crippen molar-refractivity contribution < 1.29 is 13.2 Å². The fraction of sp³-hybridized carbons (Fsp3) is 0.412. The minimum Gasteiger partial charge on any atom is -0.170 e. The van der Waals surface area contributed by atoms with Gasteiger partial charge < -0.3 is 0 Å². The van der Waals surface area contributed by atoms with E-state index < -0.39 is 12.1 Å². The van der Waals surface area contributed by atoms with Crippen LogP contribution < -0.4 is 0 Å². The van der Waals surface area contributed by atoms with Crippen molar-refractivity contribution in [2.45, 2.75) is 39.8 Å². The van der Waals surface area contributed by atoms with Crippen LogP contribution in [0.1, 0.15) is 36.1 Å². The molecule has 0 saturated heterocycles. The van der Waals surface area contributed by atoms with E-state index in [9.17, 15) is 13.2 Å². The zero-order valence-corrected chi connectivity index (χ0v) is 12.1. The van der Waals surface area contributed by atoms with Crippen LogP contribution in [0.15, 0.2) is 29.9 Å². The van der Waals surface area contributed by atoms with Gasteiger partial charge in [-0.3, -0.25) is 0 Å². The quantitative estimate of drug-likeness (QED) is 0.694. The van der Waals surface area contributed by atoms with Crippen LogP contribution in [0.2, 0.25) is 0 Å². The monoisotopic (exact) mass is 280 g/mol. The van der Waals surface area contributed by atoms with Crippen molar-refractivity contribution in [2.75, 3.05) is 0 Å². The van der Waals surface area contributed by atoms with Crippen LogP contribution in [0.5, 0.6) is 0 Å². The molecule has 0 saturated carbocycles. The first-order valence-electron chi connectivity index (χ1n) is 6.80. The van der Waals surface area contributed by atoms with E-state index in [0.29, 0.717) is 11.1 Å². The first kappa shape index (κ1) is 14.9. The molecule has 2 rings (SSSR count). The Morgan fingerprint density at radius 3 is 2.50 bits per heavy atom. The van der Waals surface area contributed by atoms with Gasteiger partial charge >= 0.3 is 6.18 Å². The molecule has 0 aliphatic heterocycles. The summed E-state index contributed by atoms with van der Waals surface area (Å²) in [6.07, 6.45) is -1.65. The molecule has 0 N–H and O–H groups in total. The second-order valence-electron chi connectivity index (χ2n) is 5.51. The number of alkyl halides is 3. The number of fused-ring (bicyclic) bond motifs is 1. The van der Waals surface area contributed by atoms with E-state index in [2.05, 4.69) is 6.58 Å². The van der Waals surface area contributed by atoms with Gasteiger partial charge in [-0.15, -0.1) is 0 Å². The summed E-state index contributed by atoms with van der Waals surface area (Å²) in [5, 5.41) is 0. The average molecular weight is 280 g/mol. The van der Waals surface area contributed by atoms with E-state index >= 15 is 0 Å². The molecule has 0 radical (unpaired) electrons. The van der Waals surface area contributed by atoms with Crippen molar-refractivity contribution in [1.29, 1.82) is 0 Å². The van der Waals surface area contributed by atoms with Crippen LogP contribution in [-0.2, 0) is 12.8 Å². The molecule has 1 aliphatic carbocycles. The highest BCUT2D eigenvalue weighted by atomic mass is 19.4. The van der Waals surface area contributed by atoms with Crippen molar-refractivity contribution in [1.82, 2.24) is 0 Å². The molecule has 1 unspecified atom stereocenters. The zero-order valence-electron chi connectivity index (χ0n) is 12.1. The molecule has 108 valence electrons. The Balaban J connectivity index is 2.60. The molecular formula is C17H19F3. The van der Waals surface area contributed by atoms with Gasteiger partial charge in [0.25, 0.3) is 0 Å². The molecule has 0 amide bonds. The van der Waals surface area contributed by atoms with Gasteiger partial charge in [-0.25, -0.2) is 0 Å². The van der Waals surface area contributed by atoms with Crippen molar-refractivity contribution in [3.63, 3.8) is 0 Å². The molecule has 3 heteroatoms. The standard InChI is InChI=1S/C17H19F3/c1-5-12-6-11(4)15-9-16(17(18,19)20)14(10(2)3)8-13(15)7-12/h6-8,16H,2,5,9H2,1,3-4H3. The van der Waals surface area contributed by atoms with Crippen LogP contribution in [0.25, 0.3) is 6.08 Å². The van der Waals surface area contributed by atoms with E-state index in [0.717, 1.165) is 28.7 Å². The third-order valence-corrected chi connectivity index (χ3v) is 3.96. The number of benzene rings is 1. The summed E-state index contributed by atoms with van der Waals surface area (Å²) >= 11 is 0. The Bertz CT molecular complexity index is 577. The van der Waals surface area contributed by atoms with Crippen LogP contribution in [-0.4, -0.2) is 6.18 Å².